The fourth-order valence-corrected chi connectivity index (χ4v) is 4.28. The maximum absolute atomic E-state index is 13.7. The van der Waals surface area contributed by atoms with Crippen LogP contribution in [0, 0.1) is 0 Å². The number of rotatable bonds is 10. The van der Waals surface area contributed by atoms with Crippen LogP contribution in [0.4, 0.5) is 0 Å². The summed E-state index contributed by atoms with van der Waals surface area (Å²) in [4.78, 5) is 30.1. The zero-order valence-electron chi connectivity index (χ0n) is 19.5. The molecule has 0 unspecified atom stereocenters. The quantitative estimate of drug-likeness (QED) is 0.298. The van der Waals surface area contributed by atoms with Gasteiger partial charge in [0.2, 0.25) is 11.8 Å². The molecule has 4 aromatic rings. The molecule has 0 fully saturated rings. The van der Waals surface area contributed by atoms with Crippen LogP contribution in [0.1, 0.15) is 42.4 Å². The van der Waals surface area contributed by atoms with Gasteiger partial charge in [0.25, 0.3) is 0 Å². The number of fused-ring (bicyclic) bond motifs is 1. The average molecular weight is 454 g/mol. The molecule has 4 rings (SSSR count). The Morgan fingerprint density at radius 3 is 2.09 bits per heavy atom. The fourth-order valence-electron chi connectivity index (χ4n) is 4.28. The molecular weight excluding hydrogens is 422 g/mol. The molecule has 0 bridgehead atoms. The number of carbonyl (C=O) groups excluding carboxylic acids is 2. The van der Waals surface area contributed by atoms with Crippen LogP contribution in [-0.4, -0.2) is 29.4 Å². The third-order valence-corrected chi connectivity index (χ3v) is 6.09. The number of hydrogen-bond acceptors (Lipinski definition) is 2. The number of carbonyl (C=O) groups is 2. The van der Waals surface area contributed by atoms with Gasteiger partial charge in [-0.3, -0.25) is 9.59 Å². The van der Waals surface area contributed by atoms with Crippen LogP contribution in [-0.2, 0) is 16.0 Å². The molecule has 0 saturated heterocycles. The lowest BCUT2D eigenvalue weighted by atomic mass is 9.90. The Labute approximate surface area is 200 Å². The summed E-state index contributed by atoms with van der Waals surface area (Å²) in [6, 6.07) is 26.7. The Morgan fingerprint density at radius 1 is 0.824 bits per heavy atom. The maximum atomic E-state index is 13.7. The standard InChI is InChI=1S/C29H31N3O2/c1-2-3-18-30-28(33)26(19-23-20-31-25-17-11-10-16-24(23)25)32-29(34)27(21-12-6-4-7-13-21)22-14-8-5-9-15-22/h4-17,20,26-27,31H,2-3,18-19H2,1H3,(H,30,33)(H,32,34)/t26-/m1/s1. The van der Waals surface area contributed by atoms with E-state index in [1.807, 2.05) is 91.1 Å². The lowest BCUT2D eigenvalue weighted by Crippen LogP contribution is -2.49. The Hall–Kier alpha value is -3.86. The Morgan fingerprint density at radius 2 is 1.44 bits per heavy atom. The number of nitrogens with one attached hydrogen (secondary N) is 3. The zero-order chi connectivity index (χ0) is 23.8. The van der Waals surface area contributed by atoms with Gasteiger partial charge in [-0.25, -0.2) is 0 Å². The number of benzene rings is 3. The van der Waals surface area contributed by atoms with E-state index < -0.39 is 12.0 Å². The minimum atomic E-state index is -0.682. The molecule has 3 aromatic carbocycles. The van der Waals surface area contributed by atoms with Crippen LogP contribution in [0.2, 0.25) is 0 Å². The van der Waals surface area contributed by atoms with Gasteiger partial charge in [-0.2, -0.15) is 0 Å². The van der Waals surface area contributed by atoms with Crippen molar-refractivity contribution in [1.82, 2.24) is 15.6 Å². The lowest BCUT2D eigenvalue weighted by molar-refractivity contribution is -0.129. The van der Waals surface area contributed by atoms with Crippen molar-refractivity contribution in [3.63, 3.8) is 0 Å². The molecule has 0 aliphatic heterocycles. The van der Waals surface area contributed by atoms with E-state index in [1.54, 1.807) is 0 Å². The van der Waals surface area contributed by atoms with Gasteiger partial charge in [0.1, 0.15) is 6.04 Å². The van der Waals surface area contributed by atoms with Gasteiger partial charge < -0.3 is 15.6 Å². The molecule has 34 heavy (non-hydrogen) atoms. The molecule has 1 atom stereocenters. The second kappa shape index (κ2) is 11.3. The normalized spacial score (nSPS) is 11.9. The molecular formula is C29H31N3O2. The second-order valence-electron chi connectivity index (χ2n) is 8.52. The molecule has 0 aliphatic rings. The molecule has 5 nitrogen and oxygen atoms in total. The van der Waals surface area contributed by atoms with Crippen LogP contribution in [0.3, 0.4) is 0 Å². The third-order valence-electron chi connectivity index (χ3n) is 6.09. The van der Waals surface area contributed by atoms with E-state index in [9.17, 15) is 9.59 Å². The van der Waals surface area contributed by atoms with Gasteiger partial charge in [0, 0.05) is 30.1 Å². The van der Waals surface area contributed by atoms with Crippen LogP contribution in [0.25, 0.3) is 10.9 Å². The molecule has 1 aromatic heterocycles. The highest BCUT2D eigenvalue weighted by atomic mass is 16.2. The van der Waals surface area contributed by atoms with Crippen molar-refractivity contribution < 1.29 is 9.59 Å². The number of aromatic amines is 1. The Bertz CT molecular complexity index is 1180. The van der Waals surface area contributed by atoms with Crippen molar-refractivity contribution >= 4 is 22.7 Å². The van der Waals surface area contributed by atoms with Gasteiger partial charge in [-0.05, 0) is 29.2 Å². The zero-order valence-corrected chi connectivity index (χ0v) is 19.5. The van der Waals surface area contributed by atoms with Crippen LogP contribution >= 0.6 is 0 Å². The lowest BCUT2D eigenvalue weighted by Gasteiger charge is -2.23. The molecule has 2 amide bonds. The second-order valence-corrected chi connectivity index (χ2v) is 8.52. The SMILES string of the molecule is CCCCNC(=O)[C@@H](Cc1c[nH]c2ccccc12)NC(=O)C(c1ccccc1)c1ccccc1. The summed E-state index contributed by atoms with van der Waals surface area (Å²) in [6.07, 6.45) is 4.22. The minimum absolute atomic E-state index is 0.160. The van der Waals surface area contributed by atoms with Gasteiger partial charge in [0.05, 0.1) is 5.92 Å². The summed E-state index contributed by atoms with van der Waals surface area (Å²) < 4.78 is 0. The number of H-pyrrole nitrogens is 1. The highest BCUT2D eigenvalue weighted by Gasteiger charge is 2.28. The van der Waals surface area contributed by atoms with E-state index in [2.05, 4.69) is 22.5 Å². The number of hydrogen-bond donors (Lipinski definition) is 3. The number of unbranched alkanes of at least 4 members (excludes halogenated alkanes) is 1. The molecule has 3 N–H and O–H groups in total. The number of amides is 2. The van der Waals surface area contributed by atoms with E-state index in [0.717, 1.165) is 40.4 Å². The summed E-state index contributed by atoms with van der Waals surface area (Å²) in [6.45, 7) is 2.68. The summed E-state index contributed by atoms with van der Waals surface area (Å²) in [7, 11) is 0. The van der Waals surface area contributed by atoms with Gasteiger partial charge in [-0.15, -0.1) is 0 Å². The monoisotopic (exact) mass is 453 g/mol. The van der Waals surface area contributed by atoms with E-state index in [0.29, 0.717) is 13.0 Å². The highest BCUT2D eigenvalue weighted by molar-refractivity contribution is 5.93. The summed E-state index contributed by atoms with van der Waals surface area (Å²) in [5, 5.41) is 7.14. The molecule has 5 heteroatoms. The van der Waals surface area contributed by atoms with Crippen molar-refractivity contribution in [1.29, 1.82) is 0 Å². The minimum Gasteiger partial charge on any atom is -0.361 e. The highest BCUT2D eigenvalue weighted by Crippen LogP contribution is 2.25. The molecule has 0 saturated carbocycles. The van der Waals surface area contributed by atoms with E-state index >= 15 is 0 Å². The average Bonchev–Trinajstić information content (AvgIpc) is 3.28. The number of aromatic nitrogens is 1. The predicted molar refractivity (Wildman–Crippen MR) is 137 cm³/mol. The first-order valence-electron chi connectivity index (χ1n) is 11.9. The largest absolute Gasteiger partial charge is 0.361 e. The Kier molecular flexibility index (Phi) is 7.76. The van der Waals surface area contributed by atoms with E-state index in [1.165, 1.54) is 0 Å². The first-order valence-corrected chi connectivity index (χ1v) is 11.9. The molecule has 174 valence electrons. The first-order chi connectivity index (χ1) is 16.7. The van der Waals surface area contributed by atoms with Crippen molar-refractivity contribution in [2.24, 2.45) is 0 Å². The molecule has 0 spiro atoms. The summed E-state index contributed by atoms with van der Waals surface area (Å²) >= 11 is 0. The molecule has 0 aliphatic carbocycles. The maximum Gasteiger partial charge on any atom is 0.242 e. The third kappa shape index (κ3) is 5.54. The number of para-hydroxylation sites is 1. The molecule has 0 radical (unpaired) electrons. The van der Waals surface area contributed by atoms with E-state index in [4.69, 9.17) is 0 Å². The summed E-state index contributed by atoms with van der Waals surface area (Å²) in [5.41, 5.74) is 3.80. The smallest absolute Gasteiger partial charge is 0.242 e. The first kappa shape index (κ1) is 23.3. The van der Waals surface area contributed by atoms with Gasteiger partial charge >= 0.3 is 0 Å². The van der Waals surface area contributed by atoms with E-state index in [-0.39, 0.29) is 11.8 Å². The van der Waals surface area contributed by atoms with Crippen LogP contribution < -0.4 is 10.6 Å². The predicted octanol–water partition coefficient (Wildman–Crippen LogP) is 4.94. The van der Waals surface area contributed by atoms with Crippen molar-refractivity contribution in [2.45, 2.75) is 38.1 Å². The topological polar surface area (TPSA) is 74.0 Å². The van der Waals surface area contributed by atoms with Crippen LogP contribution in [0.5, 0.6) is 0 Å². The Balaban J connectivity index is 1.62. The van der Waals surface area contributed by atoms with Crippen molar-refractivity contribution in [2.75, 3.05) is 6.54 Å². The van der Waals surface area contributed by atoms with Gasteiger partial charge in [0.15, 0.2) is 0 Å². The van der Waals surface area contributed by atoms with Crippen molar-refractivity contribution in [3.05, 3.63) is 108 Å². The van der Waals surface area contributed by atoms with Crippen molar-refractivity contribution in [3.8, 4) is 0 Å². The van der Waals surface area contributed by atoms with Gasteiger partial charge in [-0.1, -0.05) is 92.2 Å². The summed E-state index contributed by atoms with van der Waals surface area (Å²) in [5.74, 6) is -0.851. The molecule has 1 heterocycles. The van der Waals surface area contributed by atoms with Crippen LogP contribution in [0.15, 0.2) is 91.1 Å². The fraction of sp³-hybridized carbons (Fsp3) is 0.241.